The first-order valence-electron chi connectivity index (χ1n) is 11.2. The second-order valence-electron chi connectivity index (χ2n) is 8.27. The molecule has 1 aliphatic rings. The number of nitrogens with zero attached hydrogens (tertiary/aromatic N) is 4. The predicted octanol–water partition coefficient (Wildman–Crippen LogP) is 4.54. The lowest BCUT2D eigenvalue weighted by molar-refractivity contribution is -0.131. The van der Waals surface area contributed by atoms with Gasteiger partial charge in [0.1, 0.15) is 0 Å². The van der Waals surface area contributed by atoms with Gasteiger partial charge in [0.2, 0.25) is 5.91 Å². The number of anilines is 2. The smallest absolute Gasteiger partial charge is 0.263 e. The van der Waals surface area contributed by atoms with Gasteiger partial charge in [0.15, 0.2) is 5.13 Å². The summed E-state index contributed by atoms with van der Waals surface area (Å²) in [5.41, 5.74) is 2.00. The van der Waals surface area contributed by atoms with E-state index in [1.165, 1.54) is 11.3 Å². The fourth-order valence-corrected chi connectivity index (χ4v) is 6.21. The average molecular weight is 532 g/mol. The predicted molar refractivity (Wildman–Crippen MR) is 142 cm³/mol. The zero-order valence-corrected chi connectivity index (χ0v) is 21.2. The maximum absolute atomic E-state index is 12.8. The molecule has 1 N–H and O–H groups in total. The minimum atomic E-state index is -3.67. The van der Waals surface area contributed by atoms with E-state index < -0.39 is 10.0 Å². The topological polar surface area (TPSA) is 87.5 Å². The van der Waals surface area contributed by atoms with E-state index in [9.17, 15) is 13.2 Å². The summed E-state index contributed by atoms with van der Waals surface area (Å²) in [5.74, 6) is 0.134. The zero-order valence-electron chi connectivity index (χ0n) is 18.8. The first-order chi connectivity index (χ1) is 16.9. The van der Waals surface area contributed by atoms with Crippen LogP contribution in [0.3, 0.4) is 0 Å². The number of hydrogen-bond acceptors (Lipinski definition) is 6. The molecule has 11 heteroatoms. The molecule has 1 fully saturated rings. The van der Waals surface area contributed by atoms with Gasteiger partial charge < -0.3 is 14.4 Å². The molecule has 1 amide bonds. The van der Waals surface area contributed by atoms with Crippen LogP contribution in [-0.2, 0) is 21.4 Å². The van der Waals surface area contributed by atoms with Crippen LogP contribution in [0.5, 0.6) is 0 Å². The van der Waals surface area contributed by atoms with Crippen molar-refractivity contribution in [3.8, 4) is 0 Å². The summed E-state index contributed by atoms with van der Waals surface area (Å²) >= 11 is 7.29. The Labute approximate surface area is 214 Å². The van der Waals surface area contributed by atoms with Crippen LogP contribution in [0.25, 0.3) is 10.9 Å². The lowest BCUT2D eigenvalue weighted by Gasteiger charge is -2.36. The molecule has 3 heterocycles. The van der Waals surface area contributed by atoms with Gasteiger partial charge >= 0.3 is 0 Å². The third-order valence-electron chi connectivity index (χ3n) is 6.10. The SMILES string of the molecule is O=C(CCn1ccc2cc(Cl)ccc21)N1CCN(c2ccc(S(=O)(=O)Nc3nccs3)cc2)CC1.[HH]. The third kappa shape index (κ3) is 5.29. The van der Waals surface area contributed by atoms with Crippen molar-refractivity contribution >= 4 is 60.6 Å². The van der Waals surface area contributed by atoms with Gasteiger partial charge in [-0.3, -0.25) is 9.52 Å². The number of piperazine rings is 1. The molecule has 35 heavy (non-hydrogen) atoms. The Morgan fingerprint density at radius 2 is 1.86 bits per heavy atom. The highest BCUT2D eigenvalue weighted by Gasteiger charge is 2.22. The van der Waals surface area contributed by atoms with Gasteiger partial charge in [0.05, 0.1) is 4.90 Å². The number of hydrogen-bond donors (Lipinski definition) is 1. The molecule has 8 nitrogen and oxygen atoms in total. The molecule has 1 aliphatic heterocycles. The van der Waals surface area contributed by atoms with Gasteiger partial charge in [-0.15, -0.1) is 11.3 Å². The van der Waals surface area contributed by atoms with Gasteiger partial charge in [0.25, 0.3) is 10.0 Å². The van der Waals surface area contributed by atoms with E-state index >= 15 is 0 Å². The summed E-state index contributed by atoms with van der Waals surface area (Å²) in [7, 11) is -3.67. The summed E-state index contributed by atoms with van der Waals surface area (Å²) in [6, 6.07) is 14.6. The summed E-state index contributed by atoms with van der Waals surface area (Å²) in [6.07, 6.45) is 3.97. The Morgan fingerprint density at radius 1 is 1.09 bits per heavy atom. The Hall–Kier alpha value is -3.08. The molecule has 2 aromatic carbocycles. The summed E-state index contributed by atoms with van der Waals surface area (Å²) in [5, 5.41) is 3.82. The van der Waals surface area contributed by atoms with Crippen molar-refractivity contribution in [2.45, 2.75) is 17.9 Å². The number of thiazole rings is 1. The quantitative estimate of drug-likeness (QED) is 0.378. The van der Waals surface area contributed by atoms with Crippen LogP contribution in [0.4, 0.5) is 10.8 Å². The van der Waals surface area contributed by atoms with Crippen molar-refractivity contribution in [3.63, 3.8) is 0 Å². The second kappa shape index (κ2) is 9.88. The highest BCUT2D eigenvalue weighted by atomic mass is 35.5. The van der Waals surface area contributed by atoms with Crippen molar-refractivity contribution in [3.05, 3.63) is 71.3 Å². The minimum absolute atomic E-state index is 0. The number of carbonyl (C=O) groups excluding carboxylic acids is 1. The van der Waals surface area contributed by atoms with Crippen molar-refractivity contribution in [2.24, 2.45) is 0 Å². The molecule has 5 rings (SSSR count). The lowest BCUT2D eigenvalue weighted by Crippen LogP contribution is -2.49. The number of halogens is 1. The van der Waals surface area contributed by atoms with Gasteiger partial charge in [-0.05, 0) is 48.5 Å². The third-order valence-corrected chi connectivity index (χ3v) is 8.51. The van der Waals surface area contributed by atoms with Gasteiger partial charge in [-0.2, -0.15) is 0 Å². The van der Waals surface area contributed by atoms with E-state index in [-0.39, 0.29) is 12.2 Å². The fourth-order valence-electron chi connectivity index (χ4n) is 4.24. The number of aryl methyl sites for hydroxylation is 1. The van der Waals surface area contributed by atoms with Crippen LogP contribution in [-0.4, -0.2) is 55.0 Å². The van der Waals surface area contributed by atoms with E-state index in [1.54, 1.807) is 35.8 Å². The number of fused-ring (bicyclic) bond motifs is 1. The molecular formula is C24H26ClN5O3S2. The zero-order chi connectivity index (χ0) is 24.4. The monoisotopic (exact) mass is 531 g/mol. The van der Waals surface area contributed by atoms with E-state index in [0.717, 1.165) is 16.6 Å². The molecule has 0 atom stereocenters. The number of aromatic nitrogens is 2. The largest absolute Gasteiger partial charge is 0.368 e. The molecule has 0 spiro atoms. The molecule has 0 unspecified atom stereocenters. The number of nitrogens with one attached hydrogen (secondary N) is 1. The first-order valence-corrected chi connectivity index (χ1v) is 13.9. The lowest BCUT2D eigenvalue weighted by atomic mass is 10.2. The molecule has 4 aromatic rings. The van der Waals surface area contributed by atoms with Crippen molar-refractivity contribution in [1.82, 2.24) is 14.5 Å². The molecule has 0 bridgehead atoms. The molecule has 2 aromatic heterocycles. The van der Waals surface area contributed by atoms with Crippen LogP contribution in [0, 0.1) is 0 Å². The number of amides is 1. The van der Waals surface area contributed by atoms with E-state index in [1.807, 2.05) is 35.4 Å². The Bertz CT molecular complexity index is 1430. The van der Waals surface area contributed by atoms with Gasteiger partial charge in [-0.1, -0.05) is 11.6 Å². The Morgan fingerprint density at radius 3 is 2.57 bits per heavy atom. The first kappa shape index (κ1) is 23.7. The van der Waals surface area contributed by atoms with Crippen molar-refractivity contribution in [1.29, 1.82) is 0 Å². The van der Waals surface area contributed by atoms with Crippen LogP contribution in [0.2, 0.25) is 5.02 Å². The van der Waals surface area contributed by atoms with Crippen LogP contribution in [0.15, 0.2) is 71.2 Å². The molecule has 0 aliphatic carbocycles. The maximum atomic E-state index is 12.8. The van der Waals surface area contributed by atoms with Gasteiger partial charge in [0, 0.05) is 80.0 Å². The summed E-state index contributed by atoms with van der Waals surface area (Å²) < 4.78 is 29.6. The Kier molecular flexibility index (Phi) is 6.68. The summed E-state index contributed by atoms with van der Waals surface area (Å²) in [6.45, 7) is 3.27. The Balaban J connectivity index is 0.00000304. The molecule has 184 valence electrons. The standard InChI is InChI=1S/C24H24ClN5O3S2.H2/c25-19-1-6-22-18(17-19)7-10-29(22)11-8-23(31)30-14-12-28(13-15-30)20-2-4-21(5-3-20)35(32,33)27-24-26-9-16-34-24;/h1-7,9-10,16-17H,8,11-15H2,(H,26,27);1H. The van der Waals surface area contributed by atoms with E-state index in [4.69, 9.17) is 11.6 Å². The molecule has 0 radical (unpaired) electrons. The number of benzene rings is 2. The van der Waals surface area contributed by atoms with Gasteiger partial charge in [-0.25, -0.2) is 13.4 Å². The van der Waals surface area contributed by atoms with Crippen LogP contribution in [0.1, 0.15) is 7.85 Å². The number of sulfonamides is 1. The molecule has 1 saturated heterocycles. The number of carbonyl (C=O) groups is 1. The number of rotatable bonds is 7. The fraction of sp³-hybridized carbons (Fsp3) is 0.250. The highest BCUT2D eigenvalue weighted by molar-refractivity contribution is 7.93. The van der Waals surface area contributed by atoms with Crippen LogP contribution < -0.4 is 9.62 Å². The minimum Gasteiger partial charge on any atom is -0.368 e. The maximum Gasteiger partial charge on any atom is 0.263 e. The van der Waals surface area contributed by atoms with Crippen molar-refractivity contribution in [2.75, 3.05) is 35.8 Å². The second-order valence-corrected chi connectivity index (χ2v) is 11.3. The molecular weight excluding hydrogens is 506 g/mol. The highest BCUT2D eigenvalue weighted by Crippen LogP contribution is 2.23. The van der Waals surface area contributed by atoms with E-state index in [2.05, 4.69) is 19.2 Å². The van der Waals surface area contributed by atoms with E-state index in [0.29, 0.717) is 49.3 Å². The normalized spacial score (nSPS) is 14.4. The average Bonchev–Trinajstić information content (AvgIpc) is 3.52. The summed E-state index contributed by atoms with van der Waals surface area (Å²) in [4.78, 5) is 21.0. The molecule has 0 saturated carbocycles. The van der Waals surface area contributed by atoms with Crippen LogP contribution >= 0.6 is 22.9 Å². The van der Waals surface area contributed by atoms with Crippen molar-refractivity contribution < 1.29 is 14.6 Å².